The highest BCUT2D eigenvalue weighted by Gasteiger charge is 2.18. The first-order chi connectivity index (χ1) is 6.65. The van der Waals surface area contributed by atoms with Crippen molar-refractivity contribution >= 4 is 5.97 Å². The van der Waals surface area contributed by atoms with Gasteiger partial charge in [-0.2, -0.15) is 0 Å². The molecule has 1 unspecified atom stereocenters. The molecule has 2 N–H and O–H groups in total. The Hall–Kier alpha value is -1.42. The van der Waals surface area contributed by atoms with E-state index in [-0.39, 0.29) is 0 Å². The van der Waals surface area contributed by atoms with Crippen LogP contribution in [0.4, 0.5) is 4.39 Å². The van der Waals surface area contributed by atoms with E-state index in [1.807, 2.05) is 0 Å². The molecule has 0 spiro atoms. The first-order valence-electron chi connectivity index (χ1n) is 4.28. The van der Waals surface area contributed by atoms with Crippen LogP contribution < -0.4 is 5.32 Å². The molecule has 0 aliphatic heterocycles. The average molecular weight is 197 g/mol. The van der Waals surface area contributed by atoms with Gasteiger partial charge in [-0.3, -0.25) is 4.79 Å². The second-order valence-corrected chi connectivity index (χ2v) is 3.00. The summed E-state index contributed by atoms with van der Waals surface area (Å²) in [5.41, 5.74) is 0.479. The normalized spacial score (nSPS) is 12.4. The predicted molar refractivity (Wildman–Crippen MR) is 50.7 cm³/mol. The smallest absolute Gasteiger partial charge is 0.312 e. The number of aliphatic carboxylic acids is 1. The molecule has 0 radical (unpaired) electrons. The van der Waals surface area contributed by atoms with Gasteiger partial charge in [-0.15, -0.1) is 0 Å². The number of likely N-dealkylation sites (N-methyl/N-ethyl adjacent to an activating group) is 1. The molecule has 0 aromatic heterocycles. The summed E-state index contributed by atoms with van der Waals surface area (Å²) >= 11 is 0. The molecule has 1 atom stereocenters. The van der Waals surface area contributed by atoms with Crippen molar-refractivity contribution in [2.45, 2.75) is 5.92 Å². The van der Waals surface area contributed by atoms with Crippen LogP contribution in [0.3, 0.4) is 0 Å². The summed E-state index contributed by atoms with van der Waals surface area (Å²) in [7, 11) is 1.66. The highest BCUT2D eigenvalue weighted by Crippen LogP contribution is 2.16. The van der Waals surface area contributed by atoms with E-state index in [4.69, 9.17) is 5.11 Å². The van der Waals surface area contributed by atoms with Crippen LogP contribution in [0.2, 0.25) is 0 Å². The molecule has 1 aromatic carbocycles. The summed E-state index contributed by atoms with van der Waals surface area (Å²) < 4.78 is 12.8. The van der Waals surface area contributed by atoms with Crippen molar-refractivity contribution in [2.24, 2.45) is 0 Å². The van der Waals surface area contributed by atoms with Gasteiger partial charge >= 0.3 is 5.97 Å². The van der Waals surface area contributed by atoms with Gasteiger partial charge in [0.2, 0.25) is 0 Å². The van der Waals surface area contributed by atoms with Crippen LogP contribution in [-0.2, 0) is 4.79 Å². The van der Waals surface area contributed by atoms with Gasteiger partial charge in [0, 0.05) is 6.54 Å². The van der Waals surface area contributed by atoms with E-state index in [2.05, 4.69) is 5.32 Å². The Morgan fingerprint density at radius 3 is 2.86 bits per heavy atom. The molecule has 0 heterocycles. The summed E-state index contributed by atoms with van der Waals surface area (Å²) in [6, 6.07) is 5.66. The fourth-order valence-electron chi connectivity index (χ4n) is 1.28. The number of benzene rings is 1. The second kappa shape index (κ2) is 4.72. The highest BCUT2D eigenvalue weighted by atomic mass is 19.1. The number of hydrogen-bond acceptors (Lipinski definition) is 2. The van der Waals surface area contributed by atoms with E-state index in [1.165, 1.54) is 18.2 Å². The Bertz CT molecular complexity index is 328. The highest BCUT2D eigenvalue weighted by molar-refractivity contribution is 5.76. The SMILES string of the molecule is CNCC(C(=O)O)c1cccc(F)c1. The summed E-state index contributed by atoms with van der Waals surface area (Å²) in [6.45, 7) is 0.290. The molecule has 0 bridgehead atoms. The molecule has 0 saturated carbocycles. The lowest BCUT2D eigenvalue weighted by molar-refractivity contribution is -0.138. The minimum Gasteiger partial charge on any atom is -0.481 e. The molecule has 76 valence electrons. The monoisotopic (exact) mass is 197 g/mol. The second-order valence-electron chi connectivity index (χ2n) is 3.00. The van der Waals surface area contributed by atoms with Crippen molar-refractivity contribution < 1.29 is 14.3 Å². The number of nitrogens with one attached hydrogen (secondary N) is 1. The maximum Gasteiger partial charge on any atom is 0.312 e. The fourth-order valence-corrected chi connectivity index (χ4v) is 1.28. The zero-order valence-corrected chi connectivity index (χ0v) is 7.83. The summed E-state index contributed by atoms with van der Waals surface area (Å²) in [5, 5.41) is 11.7. The average Bonchev–Trinajstić information content (AvgIpc) is 2.13. The minimum absolute atomic E-state index is 0.290. The molecule has 1 aromatic rings. The lowest BCUT2D eigenvalue weighted by Crippen LogP contribution is -2.24. The molecule has 0 aliphatic rings. The topological polar surface area (TPSA) is 49.3 Å². The maximum atomic E-state index is 12.8. The molecule has 4 heteroatoms. The fraction of sp³-hybridized carbons (Fsp3) is 0.300. The Morgan fingerprint density at radius 2 is 2.36 bits per heavy atom. The number of hydrogen-bond donors (Lipinski definition) is 2. The Labute approximate surface area is 81.6 Å². The largest absolute Gasteiger partial charge is 0.481 e. The third kappa shape index (κ3) is 2.53. The van der Waals surface area contributed by atoms with Crippen molar-refractivity contribution in [3.8, 4) is 0 Å². The van der Waals surface area contributed by atoms with Gasteiger partial charge in [-0.1, -0.05) is 12.1 Å². The number of carboxylic acids is 1. The Balaban J connectivity index is 2.93. The Kier molecular flexibility index (Phi) is 3.59. The summed E-state index contributed by atoms with van der Waals surface area (Å²) in [4.78, 5) is 10.8. The van der Waals surface area contributed by atoms with E-state index in [0.29, 0.717) is 12.1 Å². The van der Waals surface area contributed by atoms with Crippen LogP contribution in [0.25, 0.3) is 0 Å². The van der Waals surface area contributed by atoms with Gasteiger partial charge in [0.25, 0.3) is 0 Å². The van der Waals surface area contributed by atoms with Crippen molar-refractivity contribution in [3.05, 3.63) is 35.6 Å². The molecule has 14 heavy (non-hydrogen) atoms. The van der Waals surface area contributed by atoms with Gasteiger partial charge < -0.3 is 10.4 Å². The standard InChI is InChI=1S/C10H12FNO2/c1-12-6-9(10(13)14)7-3-2-4-8(11)5-7/h2-5,9,12H,6H2,1H3,(H,13,14). The van der Waals surface area contributed by atoms with E-state index in [0.717, 1.165) is 0 Å². The zero-order valence-electron chi connectivity index (χ0n) is 7.83. The van der Waals surface area contributed by atoms with Gasteiger partial charge in [-0.25, -0.2) is 4.39 Å². The van der Waals surface area contributed by atoms with Crippen molar-refractivity contribution in [1.82, 2.24) is 5.32 Å². The van der Waals surface area contributed by atoms with Gasteiger partial charge in [0.15, 0.2) is 0 Å². The van der Waals surface area contributed by atoms with Crippen molar-refractivity contribution in [2.75, 3.05) is 13.6 Å². The molecule has 0 fully saturated rings. The third-order valence-corrected chi connectivity index (χ3v) is 1.96. The lowest BCUT2D eigenvalue weighted by atomic mass is 9.99. The Morgan fingerprint density at radius 1 is 1.64 bits per heavy atom. The molecule has 1 rings (SSSR count). The van der Waals surface area contributed by atoms with Gasteiger partial charge in [0.05, 0.1) is 5.92 Å². The predicted octanol–water partition coefficient (Wildman–Crippen LogP) is 1.21. The van der Waals surface area contributed by atoms with E-state index >= 15 is 0 Å². The number of halogens is 1. The number of carbonyl (C=O) groups is 1. The minimum atomic E-state index is -0.954. The van der Waals surface area contributed by atoms with E-state index in [9.17, 15) is 9.18 Å². The lowest BCUT2D eigenvalue weighted by Gasteiger charge is -2.11. The summed E-state index contributed by atoms with van der Waals surface area (Å²) in [5.74, 6) is -2.06. The first-order valence-corrected chi connectivity index (χ1v) is 4.28. The number of rotatable bonds is 4. The van der Waals surface area contributed by atoms with Crippen molar-refractivity contribution in [1.29, 1.82) is 0 Å². The molecule has 0 aliphatic carbocycles. The first kappa shape index (κ1) is 10.7. The van der Waals surface area contributed by atoms with E-state index in [1.54, 1.807) is 13.1 Å². The maximum absolute atomic E-state index is 12.8. The van der Waals surface area contributed by atoms with Crippen LogP contribution in [0.15, 0.2) is 24.3 Å². The van der Waals surface area contributed by atoms with Crippen LogP contribution >= 0.6 is 0 Å². The van der Waals surface area contributed by atoms with E-state index < -0.39 is 17.7 Å². The van der Waals surface area contributed by atoms with Gasteiger partial charge in [0.1, 0.15) is 5.82 Å². The number of carboxylic acid groups (broad SMARTS) is 1. The summed E-state index contributed by atoms with van der Waals surface area (Å²) in [6.07, 6.45) is 0. The quantitative estimate of drug-likeness (QED) is 0.762. The van der Waals surface area contributed by atoms with Crippen molar-refractivity contribution in [3.63, 3.8) is 0 Å². The van der Waals surface area contributed by atoms with Crippen LogP contribution in [-0.4, -0.2) is 24.7 Å². The van der Waals surface area contributed by atoms with Gasteiger partial charge in [-0.05, 0) is 24.7 Å². The molecular formula is C10H12FNO2. The third-order valence-electron chi connectivity index (χ3n) is 1.96. The zero-order chi connectivity index (χ0) is 10.6. The van der Waals surface area contributed by atoms with Crippen LogP contribution in [0, 0.1) is 5.82 Å². The molecule has 0 saturated heterocycles. The van der Waals surface area contributed by atoms with Crippen LogP contribution in [0.1, 0.15) is 11.5 Å². The van der Waals surface area contributed by atoms with Crippen LogP contribution in [0.5, 0.6) is 0 Å². The molecule has 3 nitrogen and oxygen atoms in total. The molecular weight excluding hydrogens is 185 g/mol. The molecule has 0 amide bonds.